The number of carbonyl (C=O) groups is 2. The molecule has 35 heavy (non-hydrogen) atoms. The van der Waals surface area contributed by atoms with Gasteiger partial charge in [-0.25, -0.2) is 9.67 Å². The Morgan fingerprint density at radius 3 is 2.43 bits per heavy atom. The number of hydrogen-bond donors (Lipinski definition) is 0. The molecule has 8 nitrogen and oxygen atoms in total. The highest BCUT2D eigenvalue weighted by Crippen LogP contribution is 2.30. The molecular formula is C27H32N6O2. The van der Waals surface area contributed by atoms with Gasteiger partial charge in [0.2, 0.25) is 11.8 Å². The predicted octanol–water partition coefficient (Wildman–Crippen LogP) is 3.20. The number of aromatic nitrogens is 3. The molecule has 0 spiro atoms. The van der Waals surface area contributed by atoms with E-state index in [0.29, 0.717) is 19.6 Å². The van der Waals surface area contributed by atoms with Crippen LogP contribution in [0.15, 0.2) is 42.6 Å². The first-order valence-electron chi connectivity index (χ1n) is 12.2. The van der Waals surface area contributed by atoms with Gasteiger partial charge in [-0.15, -0.1) is 0 Å². The number of carbonyl (C=O) groups excluding carboxylic acids is 2. The maximum atomic E-state index is 13.3. The van der Waals surface area contributed by atoms with Crippen molar-refractivity contribution >= 4 is 23.2 Å². The Bertz CT molecular complexity index is 1260. The lowest BCUT2D eigenvalue weighted by atomic mass is 10.1. The molecule has 2 fully saturated rings. The summed E-state index contributed by atoms with van der Waals surface area (Å²) in [5.74, 6) is 0.624. The average Bonchev–Trinajstić information content (AvgIpc) is 3.40. The number of hydrogen-bond acceptors (Lipinski definition) is 5. The van der Waals surface area contributed by atoms with Crippen molar-refractivity contribution in [3.63, 3.8) is 0 Å². The number of amides is 2. The fraction of sp³-hybridized carbons (Fsp3) is 0.407. The molecule has 1 atom stereocenters. The largest absolute Gasteiger partial charge is 0.365 e. The van der Waals surface area contributed by atoms with Crippen molar-refractivity contribution in [2.75, 3.05) is 42.5 Å². The van der Waals surface area contributed by atoms with E-state index < -0.39 is 0 Å². The van der Waals surface area contributed by atoms with Crippen molar-refractivity contribution in [2.45, 2.75) is 34.1 Å². The van der Waals surface area contributed by atoms with Crippen molar-refractivity contribution < 1.29 is 9.59 Å². The van der Waals surface area contributed by atoms with Gasteiger partial charge in [0.05, 0.1) is 23.0 Å². The molecule has 8 heteroatoms. The molecule has 1 aromatic carbocycles. The average molecular weight is 473 g/mol. The van der Waals surface area contributed by atoms with Gasteiger partial charge < -0.3 is 14.7 Å². The zero-order valence-corrected chi connectivity index (χ0v) is 20.9. The van der Waals surface area contributed by atoms with Gasteiger partial charge >= 0.3 is 0 Å². The molecule has 5 rings (SSSR count). The molecular weight excluding hydrogens is 440 g/mol. The Morgan fingerprint density at radius 1 is 0.971 bits per heavy atom. The summed E-state index contributed by atoms with van der Waals surface area (Å²) in [5.41, 5.74) is 6.35. The minimum absolute atomic E-state index is 0.0263. The summed E-state index contributed by atoms with van der Waals surface area (Å²) in [6.45, 7) is 11.4. The van der Waals surface area contributed by atoms with E-state index in [1.165, 1.54) is 5.56 Å². The van der Waals surface area contributed by atoms with Crippen LogP contribution >= 0.6 is 0 Å². The van der Waals surface area contributed by atoms with Crippen LogP contribution < -0.4 is 9.80 Å². The first-order valence-corrected chi connectivity index (χ1v) is 12.2. The van der Waals surface area contributed by atoms with Gasteiger partial charge in [-0.2, -0.15) is 5.10 Å². The maximum Gasteiger partial charge on any atom is 0.228 e. The molecule has 1 unspecified atom stereocenters. The third-order valence-corrected chi connectivity index (χ3v) is 7.30. The fourth-order valence-electron chi connectivity index (χ4n) is 5.22. The van der Waals surface area contributed by atoms with Gasteiger partial charge in [-0.1, -0.05) is 12.1 Å². The topological polar surface area (TPSA) is 74.6 Å². The normalized spacial score (nSPS) is 18.5. The summed E-state index contributed by atoms with van der Waals surface area (Å²) in [4.78, 5) is 36.5. The lowest BCUT2D eigenvalue weighted by Crippen LogP contribution is -2.51. The number of aryl methyl sites for hydroxylation is 3. The third kappa shape index (κ3) is 4.29. The van der Waals surface area contributed by atoms with Crippen LogP contribution in [0.1, 0.15) is 28.9 Å². The SMILES string of the molecule is Cc1ccc(N2CC(C(=O)N3CCN(c4c(C)nn(-c5ccccn5)c4C)CC3)CC2=O)cc1C. The number of pyridine rings is 1. The molecule has 4 heterocycles. The Hall–Kier alpha value is -3.68. The summed E-state index contributed by atoms with van der Waals surface area (Å²) >= 11 is 0. The van der Waals surface area contributed by atoms with Gasteiger partial charge in [-0.3, -0.25) is 9.59 Å². The van der Waals surface area contributed by atoms with Gasteiger partial charge in [0, 0.05) is 51.0 Å². The van der Waals surface area contributed by atoms with Crippen molar-refractivity contribution in [1.82, 2.24) is 19.7 Å². The molecule has 2 aliphatic rings. The highest BCUT2D eigenvalue weighted by atomic mass is 16.2. The summed E-state index contributed by atoms with van der Waals surface area (Å²) < 4.78 is 1.88. The summed E-state index contributed by atoms with van der Waals surface area (Å²) in [6, 6.07) is 11.8. The van der Waals surface area contributed by atoms with E-state index >= 15 is 0 Å². The first kappa shape index (κ1) is 23.1. The zero-order chi connectivity index (χ0) is 24.7. The van der Waals surface area contributed by atoms with E-state index in [1.54, 1.807) is 11.1 Å². The highest BCUT2D eigenvalue weighted by Gasteiger charge is 2.38. The number of nitrogens with zero attached hydrogens (tertiary/aromatic N) is 6. The smallest absolute Gasteiger partial charge is 0.228 e. The van der Waals surface area contributed by atoms with E-state index in [2.05, 4.69) is 23.7 Å². The van der Waals surface area contributed by atoms with Crippen molar-refractivity contribution in [1.29, 1.82) is 0 Å². The van der Waals surface area contributed by atoms with E-state index in [1.807, 2.05) is 59.8 Å². The molecule has 0 radical (unpaired) electrons. The fourth-order valence-corrected chi connectivity index (χ4v) is 5.22. The van der Waals surface area contributed by atoms with Crippen LogP contribution in [0.3, 0.4) is 0 Å². The van der Waals surface area contributed by atoms with Crippen LogP contribution in [0, 0.1) is 33.6 Å². The first-order chi connectivity index (χ1) is 16.8. The summed E-state index contributed by atoms with van der Waals surface area (Å²) in [6.07, 6.45) is 2.05. The quantitative estimate of drug-likeness (QED) is 0.583. The van der Waals surface area contributed by atoms with Gasteiger partial charge in [0.15, 0.2) is 5.82 Å². The van der Waals surface area contributed by atoms with Crippen molar-refractivity contribution in [3.05, 3.63) is 65.1 Å². The standard InChI is InChI=1S/C27H32N6O2/c1-18-8-9-23(15-19(18)2)32-17-22(16-25(32)34)27(35)31-13-11-30(12-14-31)26-20(3)29-33(21(26)4)24-7-5-6-10-28-24/h5-10,15,22H,11-14,16-17H2,1-4H3. The maximum absolute atomic E-state index is 13.3. The number of piperazine rings is 1. The molecule has 2 amide bonds. The molecule has 0 bridgehead atoms. The lowest BCUT2D eigenvalue weighted by molar-refractivity contribution is -0.136. The van der Waals surface area contributed by atoms with Crippen LogP contribution in [0.5, 0.6) is 0 Å². The van der Waals surface area contributed by atoms with Crippen LogP contribution in [0.4, 0.5) is 11.4 Å². The monoisotopic (exact) mass is 472 g/mol. The molecule has 2 aromatic heterocycles. The summed E-state index contributed by atoms with van der Waals surface area (Å²) in [7, 11) is 0. The zero-order valence-electron chi connectivity index (χ0n) is 20.9. The predicted molar refractivity (Wildman–Crippen MR) is 136 cm³/mol. The molecule has 2 aliphatic heterocycles. The second-order valence-corrected chi connectivity index (χ2v) is 9.61. The Kier molecular flexibility index (Phi) is 6.05. The Morgan fingerprint density at radius 2 is 1.74 bits per heavy atom. The second-order valence-electron chi connectivity index (χ2n) is 9.61. The van der Waals surface area contributed by atoms with E-state index in [-0.39, 0.29) is 24.2 Å². The molecule has 0 aliphatic carbocycles. The number of benzene rings is 1. The molecule has 3 aromatic rings. The Balaban J connectivity index is 1.24. The van der Waals surface area contributed by atoms with Crippen LogP contribution in [0.25, 0.3) is 5.82 Å². The van der Waals surface area contributed by atoms with E-state index in [0.717, 1.165) is 47.2 Å². The van der Waals surface area contributed by atoms with Gasteiger partial charge in [-0.05, 0) is 63.1 Å². The number of rotatable bonds is 4. The lowest BCUT2D eigenvalue weighted by Gasteiger charge is -2.37. The minimum Gasteiger partial charge on any atom is -0.365 e. The third-order valence-electron chi connectivity index (χ3n) is 7.30. The molecule has 0 saturated carbocycles. The van der Waals surface area contributed by atoms with Crippen LogP contribution in [-0.2, 0) is 9.59 Å². The minimum atomic E-state index is -0.286. The van der Waals surface area contributed by atoms with Crippen LogP contribution in [0.2, 0.25) is 0 Å². The molecule has 2 saturated heterocycles. The number of anilines is 2. The van der Waals surface area contributed by atoms with Crippen LogP contribution in [-0.4, -0.2) is 64.2 Å². The van der Waals surface area contributed by atoms with Crippen molar-refractivity contribution in [2.24, 2.45) is 5.92 Å². The van der Waals surface area contributed by atoms with Crippen molar-refractivity contribution in [3.8, 4) is 5.82 Å². The highest BCUT2D eigenvalue weighted by molar-refractivity contribution is 6.00. The Labute approximate surface area is 206 Å². The van der Waals surface area contributed by atoms with Gasteiger partial charge in [0.1, 0.15) is 0 Å². The second kappa shape index (κ2) is 9.17. The molecule has 0 N–H and O–H groups in total. The summed E-state index contributed by atoms with van der Waals surface area (Å²) in [5, 5.41) is 4.72. The van der Waals surface area contributed by atoms with E-state index in [4.69, 9.17) is 5.10 Å². The van der Waals surface area contributed by atoms with E-state index in [9.17, 15) is 9.59 Å². The molecule has 182 valence electrons. The van der Waals surface area contributed by atoms with Gasteiger partial charge in [0.25, 0.3) is 0 Å².